The van der Waals surface area contributed by atoms with Crippen molar-refractivity contribution in [3.05, 3.63) is 0 Å². The molecule has 1 saturated heterocycles. The van der Waals surface area contributed by atoms with E-state index in [4.69, 9.17) is 4.74 Å². The molecular formula is C8H18N2O3S. The quantitative estimate of drug-likeness (QED) is 0.645. The highest BCUT2D eigenvalue weighted by molar-refractivity contribution is 7.89. The summed E-state index contributed by atoms with van der Waals surface area (Å²) in [5, 5.41) is 3.10. The third kappa shape index (κ3) is 3.91. The van der Waals surface area contributed by atoms with E-state index in [0.717, 1.165) is 19.5 Å². The summed E-state index contributed by atoms with van der Waals surface area (Å²) in [4.78, 5) is 0. The molecular weight excluding hydrogens is 204 g/mol. The van der Waals surface area contributed by atoms with E-state index in [0.29, 0.717) is 0 Å². The molecule has 2 atom stereocenters. The van der Waals surface area contributed by atoms with Crippen molar-refractivity contribution < 1.29 is 13.2 Å². The van der Waals surface area contributed by atoms with Crippen molar-refractivity contribution in [1.29, 1.82) is 0 Å². The van der Waals surface area contributed by atoms with Crippen LogP contribution in [0.2, 0.25) is 0 Å². The molecule has 0 bridgehead atoms. The summed E-state index contributed by atoms with van der Waals surface area (Å²) in [5.41, 5.74) is 0. The van der Waals surface area contributed by atoms with Crippen molar-refractivity contribution in [2.24, 2.45) is 0 Å². The lowest BCUT2D eigenvalue weighted by Gasteiger charge is -2.14. The first-order valence-electron chi connectivity index (χ1n) is 4.77. The number of hydrogen-bond donors (Lipinski definition) is 2. The van der Waals surface area contributed by atoms with Crippen LogP contribution in [0.1, 0.15) is 13.3 Å². The Bertz CT molecular complexity index is 260. The standard InChI is InChI=1S/C8H18N2O3S/c1-7(13-2)6-14(11,12)10-8-3-4-9-5-8/h7-10H,3-6H2,1-2H3. The number of sulfonamides is 1. The average Bonchev–Trinajstić information content (AvgIpc) is 2.54. The van der Waals surface area contributed by atoms with Crippen molar-refractivity contribution in [3.8, 4) is 0 Å². The van der Waals surface area contributed by atoms with E-state index in [1.165, 1.54) is 7.11 Å². The minimum atomic E-state index is -3.19. The largest absolute Gasteiger partial charge is 0.381 e. The van der Waals surface area contributed by atoms with Crippen LogP contribution in [0.5, 0.6) is 0 Å². The van der Waals surface area contributed by atoms with E-state index in [-0.39, 0.29) is 17.9 Å². The van der Waals surface area contributed by atoms with Gasteiger partial charge in [0.2, 0.25) is 10.0 Å². The molecule has 6 heteroatoms. The van der Waals surface area contributed by atoms with E-state index in [9.17, 15) is 8.42 Å². The van der Waals surface area contributed by atoms with Crippen LogP contribution in [0.25, 0.3) is 0 Å². The zero-order valence-electron chi connectivity index (χ0n) is 8.62. The Balaban J connectivity index is 2.40. The Morgan fingerprint density at radius 1 is 1.64 bits per heavy atom. The molecule has 1 fully saturated rings. The smallest absolute Gasteiger partial charge is 0.214 e. The molecule has 2 N–H and O–H groups in total. The van der Waals surface area contributed by atoms with Crippen molar-refractivity contribution in [1.82, 2.24) is 10.0 Å². The maximum atomic E-state index is 11.5. The topological polar surface area (TPSA) is 67.4 Å². The summed E-state index contributed by atoms with van der Waals surface area (Å²) in [6, 6.07) is 0.0454. The Morgan fingerprint density at radius 3 is 2.86 bits per heavy atom. The third-order valence-electron chi connectivity index (χ3n) is 2.26. The van der Waals surface area contributed by atoms with Crippen molar-refractivity contribution in [3.63, 3.8) is 0 Å². The van der Waals surface area contributed by atoms with Gasteiger partial charge in [0.1, 0.15) is 0 Å². The normalized spacial score (nSPS) is 25.1. The van der Waals surface area contributed by atoms with Gasteiger partial charge in [-0.3, -0.25) is 0 Å². The molecule has 0 aromatic heterocycles. The van der Waals surface area contributed by atoms with E-state index in [1.807, 2.05) is 0 Å². The Labute approximate surface area is 85.3 Å². The fourth-order valence-electron chi connectivity index (χ4n) is 1.43. The van der Waals surface area contributed by atoms with Gasteiger partial charge in [0.05, 0.1) is 11.9 Å². The fourth-order valence-corrected chi connectivity index (χ4v) is 2.99. The number of nitrogens with one attached hydrogen (secondary N) is 2. The van der Waals surface area contributed by atoms with Gasteiger partial charge in [0, 0.05) is 19.7 Å². The highest BCUT2D eigenvalue weighted by Crippen LogP contribution is 2.01. The molecule has 14 heavy (non-hydrogen) atoms. The molecule has 0 amide bonds. The lowest BCUT2D eigenvalue weighted by molar-refractivity contribution is 0.136. The van der Waals surface area contributed by atoms with Gasteiger partial charge in [-0.25, -0.2) is 13.1 Å². The van der Waals surface area contributed by atoms with Gasteiger partial charge in [0.25, 0.3) is 0 Å². The molecule has 0 spiro atoms. The van der Waals surface area contributed by atoms with Crippen molar-refractivity contribution in [2.75, 3.05) is 26.0 Å². The first-order chi connectivity index (χ1) is 6.53. The summed E-state index contributed by atoms with van der Waals surface area (Å²) in [7, 11) is -1.68. The molecule has 1 heterocycles. The van der Waals surface area contributed by atoms with Gasteiger partial charge >= 0.3 is 0 Å². The predicted molar refractivity (Wildman–Crippen MR) is 54.7 cm³/mol. The molecule has 0 radical (unpaired) electrons. The second-order valence-corrected chi connectivity index (χ2v) is 5.43. The van der Waals surface area contributed by atoms with Gasteiger partial charge in [-0.15, -0.1) is 0 Å². The molecule has 2 unspecified atom stereocenters. The number of hydrogen-bond acceptors (Lipinski definition) is 4. The number of rotatable bonds is 5. The zero-order valence-corrected chi connectivity index (χ0v) is 9.43. The van der Waals surface area contributed by atoms with Crippen LogP contribution in [-0.4, -0.2) is 46.5 Å². The summed E-state index contributed by atoms with van der Waals surface area (Å²) < 4.78 is 30.6. The minimum Gasteiger partial charge on any atom is -0.381 e. The number of methoxy groups -OCH3 is 1. The van der Waals surface area contributed by atoms with Crippen LogP contribution in [-0.2, 0) is 14.8 Å². The molecule has 0 saturated carbocycles. The number of ether oxygens (including phenoxy) is 1. The molecule has 1 aliphatic rings. The summed E-state index contributed by atoms with van der Waals surface area (Å²) >= 11 is 0. The van der Waals surface area contributed by atoms with Crippen molar-refractivity contribution >= 4 is 10.0 Å². The summed E-state index contributed by atoms with van der Waals surface area (Å²) in [6.45, 7) is 3.35. The van der Waals surface area contributed by atoms with Crippen LogP contribution < -0.4 is 10.0 Å². The second kappa shape index (κ2) is 5.06. The predicted octanol–water partition coefficient (Wildman–Crippen LogP) is -0.697. The maximum Gasteiger partial charge on any atom is 0.214 e. The molecule has 0 aromatic rings. The van der Waals surface area contributed by atoms with Crippen LogP contribution in [0.3, 0.4) is 0 Å². The SMILES string of the molecule is COC(C)CS(=O)(=O)NC1CCNC1. The van der Waals surface area contributed by atoms with Crippen LogP contribution in [0.4, 0.5) is 0 Å². The second-order valence-electron chi connectivity index (χ2n) is 3.64. The van der Waals surface area contributed by atoms with E-state index >= 15 is 0 Å². The van der Waals surface area contributed by atoms with E-state index in [2.05, 4.69) is 10.0 Å². The summed E-state index contributed by atoms with van der Waals surface area (Å²) in [5.74, 6) is 0.0278. The van der Waals surface area contributed by atoms with Crippen LogP contribution in [0, 0.1) is 0 Å². The van der Waals surface area contributed by atoms with Gasteiger partial charge in [0.15, 0.2) is 0 Å². The van der Waals surface area contributed by atoms with E-state index in [1.54, 1.807) is 6.92 Å². The molecule has 0 aromatic carbocycles. The van der Waals surface area contributed by atoms with Gasteiger partial charge < -0.3 is 10.1 Å². The Kier molecular flexibility index (Phi) is 4.31. The summed E-state index contributed by atoms with van der Waals surface area (Å²) in [6.07, 6.45) is 0.600. The first kappa shape index (κ1) is 11.9. The average molecular weight is 222 g/mol. The van der Waals surface area contributed by atoms with Gasteiger partial charge in [-0.2, -0.15) is 0 Å². The third-order valence-corrected chi connectivity index (χ3v) is 3.86. The van der Waals surface area contributed by atoms with Crippen LogP contribution in [0.15, 0.2) is 0 Å². The van der Waals surface area contributed by atoms with Crippen LogP contribution >= 0.6 is 0 Å². The van der Waals surface area contributed by atoms with E-state index < -0.39 is 10.0 Å². The zero-order chi connectivity index (χ0) is 10.6. The lowest BCUT2D eigenvalue weighted by atomic mass is 10.3. The fraction of sp³-hybridized carbons (Fsp3) is 1.00. The monoisotopic (exact) mass is 222 g/mol. The molecule has 5 nitrogen and oxygen atoms in total. The molecule has 84 valence electrons. The molecule has 0 aliphatic carbocycles. The highest BCUT2D eigenvalue weighted by atomic mass is 32.2. The van der Waals surface area contributed by atoms with Crippen molar-refractivity contribution in [2.45, 2.75) is 25.5 Å². The lowest BCUT2D eigenvalue weighted by Crippen LogP contribution is -2.40. The Morgan fingerprint density at radius 2 is 2.36 bits per heavy atom. The van der Waals surface area contributed by atoms with Gasteiger partial charge in [-0.05, 0) is 19.9 Å². The van der Waals surface area contributed by atoms with Gasteiger partial charge in [-0.1, -0.05) is 0 Å². The molecule has 1 rings (SSSR count). The molecule has 1 aliphatic heterocycles. The highest BCUT2D eigenvalue weighted by Gasteiger charge is 2.22. The Hall–Kier alpha value is -0.170. The maximum absolute atomic E-state index is 11.5. The first-order valence-corrected chi connectivity index (χ1v) is 6.42. The minimum absolute atomic E-state index is 0.0278.